The zero-order chi connectivity index (χ0) is 13.8. The number of ether oxygens (including phenoxy) is 1. The number of aromatic nitrogens is 1. The van der Waals surface area contributed by atoms with Crippen molar-refractivity contribution < 1.29 is 14.3 Å². The molecule has 1 aromatic heterocycles. The van der Waals surface area contributed by atoms with Crippen LogP contribution in [0.5, 0.6) is 0 Å². The van der Waals surface area contributed by atoms with E-state index in [9.17, 15) is 9.59 Å². The van der Waals surface area contributed by atoms with Crippen LogP contribution in [0, 0.1) is 0 Å². The smallest absolute Gasteiger partial charge is 0.274 e. The Morgan fingerprint density at radius 3 is 3.11 bits per heavy atom. The summed E-state index contributed by atoms with van der Waals surface area (Å²) in [6.45, 7) is 1.32. The van der Waals surface area contributed by atoms with Crippen LogP contribution in [0.3, 0.4) is 0 Å². The Morgan fingerprint density at radius 1 is 1.68 bits per heavy atom. The van der Waals surface area contributed by atoms with Gasteiger partial charge in [-0.2, -0.15) is 0 Å². The molecule has 0 aromatic carbocycles. The minimum Gasteiger partial charge on any atom is -0.377 e. The number of likely N-dealkylation sites (N-methyl/N-ethyl adjacent to an activating group) is 1. The van der Waals surface area contributed by atoms with Gasteiger partial charge >= 0.3 is 0 Å². The summed E-state index contributed by atoms with van der Waals surface area (Å²) in [4.78, 5) is 29.8. The van der Waals surface area contributed by atoms with E-state index < -0.39 is 6.04 Å². The van der Waals surface area contributed by atoms with Crippen LogP contribution in [-0.2, 0) is 16.1 Å². The third-order valence-electron chi connectivity index (χ3n) is 2.88. The van der Waals surface area contributed by atoms with E-state index in [1.807, 2.05) is 0 Å². The van der Waals surface area contributed by atoms with E-state index >= 15 is 0 Å². The van der Waals surface area contributed by atoms with Crippen LogP contribution in [0.1, 0.15) is 15.5 Å². The molecule has 1 aliphatic rings. The van der Waals surface area contributed by atoms with Crippen molar-refractivity contribution in [2.45, 2.75) is 12.6 Å². The molecule has 2 amide bonds. The first-order valence-corrected chi connectivity index (χ1v) is 6.80. The molecule has 0 spiro atoms. The third-order valence-corrected chi connectivity index (χ3v) is 3.76. The van der Waals surface area contributed by atoms with E-state index in [1.165, 1.54) is 23.3 Å². The van der Waals surface area contributed by atoms with Crippen molar-refractivity contribution in [2.75, 3.05) is 26.8 Å². The van der Waals surface area contributed by atoms with Crippen LogP contribution in [0.15, 0.2) is 5.38 Å². The maximum atomic E-state index is 12.4. The van der Waals surface area contributed by atoms with Gasteiger partial charge in [-0.15, -0.1) is 11.3 Å². The van der Waals surface area contributed by atoms with Gasteiger partial charge in [-0.25, -0.2) is 4.98 Å². The maximum Gasteiger partial charge on any atom is 0.274 e. The number of amides is 2. The van der Waals surface area contributed by atoms with Crippen molar-refractivity contribution >= 4 is 23.2 Å². The molecule has 3 N–H and O–H groups in total. The van der Waals surface area contributed by atoms with Gasteiger partial charge in [0.05, 0.1) is 13.2 Å². The number of hydrogen-bond acceptors (Lipinski definition) is 6. The normalized spacial score (nSPS) is 19.3. The SMILES string of the molecule is CNC(=O)C1COCCN1C(=O)c1csc(CN)n1. The predicted molar refractivity (Wildman–Crippen MR) is 69.7 cm³/mol. The van der Waals surface area contributed by atoms with Gasteiger partial charge in [0, 0.05) is 25.5 Å². The molecule has 104 valence electrons. The number of morpholine rings is 1. The maximum absolute atomic E-state index is 12.4. The van der Waals surface area contributed by atoms with Crippen LogP contribution in [0.25, 0.3) is 0 Å². The lowest BCUT2D eigenvalue weighted by atomic mass is 10.2. The van der Waals surface area contributed by atoms with Gasteiger partial charge in [0.2, 0.25) is 5.91 Å². The van der Waals surface area contributed by atoms with E-state index in [2.05, 4.69) is 10.3 Å². The molecule has 1 atom stereocenters. The van der Waals surface area contributed by atoms with E-state index in [0.717, 1.165) is 0 Å². The lowest BCUT2D eigenvalue weighted by molar-refractivity contribution is -0.130. The monoisotopic (exact) mass is 284 g/mol. The zero-order valence-corrected chi connectivity index (χ0v) is 11.4. The third kappa shape index (κ3) is 2.91. The average molecular weight is 284 g/mol. The summed E-state index contributed by atoms with van der Waals surface area (Å²) >= 11 is 1.34. The molecule has 1 fully saturated rings. The summed E-state index contributed by atoms with van der Waals surface area (Å²) in [7, 11) is 1.54. The van der Waals surface area contributed by atoms with Crippen LogP contribution in [0.4, 0.5) is 0 Å². The summed E-state index contributed by atoms with van der Waals surface area (Å²) in [6.07, 6.45) is 0. The fourth-order valence-corrected chi connectivity index (χ4v) is 2.53. The second-order valence-corrected chi connectivity index (χ2v) is 4.98. The number of hydrogen-bond donors (Lipinski definition) is 2. The Morgan fingerprint density at radius 2 is 2.47 bits per heavy atom. The fourth-order valence-electron chi connectivity index (χ4n) is 1.88. The molecule has 7 nitrogen and oxygen atoms in total. The Hall–Kier alpha value is -1.51. The molecular formula is C11H16N4O3S. The molecule has 8 heteroatoms. The van der Waals surface area contributed by atoms with Gasteiger partial charge in [0.15, 0.2) is 0 Å². The van der Waals surface area contributed by atoms with E-state index in [1.54, 1.807) is 5.38 Å². The highest BCUT2D eigenvalue weighted by Gasteiger charge is 2.33. The number of carbonyl (C=O) groups excluding carboxylic acids is 2. The minimum atomic E-state index is -0.603. The van der Waals surface area contributed by atoms with Crippen LogP contribution in [0.2, 0.25) is 0 Å². The molecule has 19 heavy (non-hydrogen) atoms. The molecule has 2 heterocycles. The quantitative estimate of drug-likeness (QED) is 0.756. The van der Waals surface area contributed by atoms with Crippen molar-refractivity contribution in [3.63, 3.8) is 0 Å². The highest BCUT2D eigenvalue weighted by Crippen LogP contribution is 2.15. The average Bonchev–Trinajstić information content (AvgIpc) is 2.94. The molecule has 0 aliphatic carbocycles. The van der Waals surface area contributed by atoms with E-state index in [4.69, 9.17) is 10.5 Å². The molecule has 2 rings (SSSR count). The van der Waals surface area contributed by atoms with Crippen molar-refractivity contribution in [3.05, 3.63) is 16.1 Å². The molecule has 0 saturated carbocycles. The van der Waals surface area contributed by atoms with Gasteiger partial charge in [0.1, 0.15) is 16.7 Å². The van der Waals surface area contributed by atoms with Gasteiger partial charge in [-0.1, -0.05) is 0 Å². The summed E-state index contributed by atoms with van der Waals surface area (Å²) in [6, 6.07) is -0.603. The van der Waals surface area contributed by atoms with Gasteiger partial charge in [0.25, 0.3) is 5.91 Å². The van der Waals surface area contributed by atoms with E-state index in [0.29, 0.717) is 30.4 Å². The van der Waals surface area contributed by atoms with Crippen molar-refractivity contribution in [1.29, 1.82) is 0 Å². The predicted octanol–water partition coefficient (Wildman–Crippen LogP) is -0.811. The zero-order valence-electron chi connectivity index (χ0n) is 10.6. The van der Waals surface area contributed by atoms with Crippen molar-refractivity contribution in [1.82, 2.24) is 15.2 Å². The largest absolute Gasteiger partial charge is 0.377 e. The fraction of sp³-hybridized carbons (Fsp3) is 0.545. The second kappa shape index (κ2) is 6.09. The summed E-state index contributed by atoms with van der Waals surface area (Å²) in [5, 5.41) is 4.91. The van der Waals surface area contributed by atoms with Gasteiger partial charge in [-0.3, -0.25) is 9.59 Å². The number of nitrogens with two attached hydrogens (primary N) is 1. The van der Waals surface area contributed by atoms with E-state index in [-0.39, 0.29) is 18.4 Å². The molecular weight excluding hydrogens is 268 g/mol. The summed E-state index contributed by atoms with van der Waals surface area (Å²) in [5.41, 5.74) is 5.81. The Labute approximate surface area is 114 Å². The first-order valence-electron chi connectivity index (χ1n) is 5.92. The molecule has 1 unspecified atom stereocenters. The standard InChI is InChI=1S/C11H16N4O3S/c1-13-10(16)8-5-18-3-2-15(8)11(17)7-6-19-9(4-12)14-7/h6,8H,2-5,12H2,1H3,(H,13,16). The molecule has 0 radical (unpaired) electrons. The number of nitrogens with one attached hydrogen (secondary N) is 1. The Bertz CT molecular complexity index is 476. The first-order chi connectivity index (χ1) is 9.17. The number of nitrogens with zero attached hydrogens (tertiary/aromatic N) is 2. The summed E-state index contributed by atoms with van der Waals surface area (Å²) in [5.74, 6) is -0.491. The highest BCUT2D eigenvalue weighted by molar-refractivity contribution is 7.09. The van der Waals surface area contributed by atoms with Crippen molar-refractivity contribution in [2.24, 2.45) is 5.73 Å². The number of rotatable bonds is 3. The molecule has 0 bridgehead atoms. The van der Waals surface area contributed by atoms with Crippen LogP contribution < -0.4 is 11.1 Å². The van der Waals surface area contributed by atoms with Gasteiger partial charge in [-0.05, 0) is 0 Å². The lowest BCUT2D eigenvalue weighted by Gasteiger charge is -2.33. The molecule has 1 aromatic rings. The van der Waals surface area contributed by atoms with Crippen LogP contribution >= 0.6 is 11.3 Å². The second-order valence-electron chi connectivity index (χ2n) is 4.03. The van der Waals surface area contributed by atoms with Gasteiger partial charge < -0.3 is 20.7 Å². The number of carbonyl (C=O) groups is 2. The minimum absolute atomic E-state index is 0.208. The van der Waals surface area contributed by atoms with Crippen molar-refractivity contribution in [3.8, 4) is 0 Å². The lowest BCUT2D eigenvalue weighted by Crippen LogP contribution is -2.55. The highest BCUT2D eigenvalue weighted by atomic mass is 32.1. The topological polar surface area (TPSA) is 97.5 Å². The molecule has 1 saturated heterocycles. The number of thiazole rings is 1. The Kier molecular flexibility index (Phi) is 4.46. The van der Waals surface area contributed by atoms with Crippen LogP contribution in [-0.4, -0.2) is 54.5 Å². The Balaban J connectivity index is 2.17. The summed E-state index contributed by atoms with van der Waals surface area (Å²) < 4.78 is 5.26. The first kappa shape index (κ1) is 13.9. The molecule has 1 aliphatic heterocycles.